The Morgan fingerprint density at radius 3 is 0.895 bits per heavy atom. The van der Waals surface area contributed by atoms with Crippen molar-refractivity contribution in [1.29, 1.82) is 0 Å². The fourth-order valence-corrected chi connectivity index (χ4v) is 1.08. The van der Waals surface area contributed by atoms with E-state index in [2.05, 4.69) is 0 Å². The fraction of sp³-hybridized carbons (Fsp3) is 1.00. The lowest BCUT2D eigenvalue weighted by Crippen LogP contribution is -2.43. The van der Waals surface area contributed by atoms with Gasteiger partial charge in [0.1, 0.15) is 0 Å². The van der Waals surface area contributed by atoms with Gasteiger partial charge in [-0.25, -0.2) is 19.6 Å². The molecular formula is C14H30O5. The van der Waals surface area contributed by atoms with E-state index in [4.69, 9.17) is 24.3 Å². The molecule has 19 heavy (non-hydrogen) atoms. The Bertz CT molecular complexity index is 243. The molecule has 116 valence electrons. The maximum Gasteiger partial charge on any atom is 0.199 e. The SMILES string of the molecule is CC(C)(C)OOC(C)(C)OC(C)(C)OOC(C)(C)C. The second-order valence-electron chi connectivity index (χ2n) is 7.46. The lowest BCUT2D eigenvalue weighted by atomic mass is 10.2. The van der Waals surface area contributed by atoms with Gasteiger partial charge in [-0.3, -0.25) is 0 Å². The molecule has 5 nitrogen and oxygen atoms in total. The zero-order chi connectivity index (χ0) is 15.5. The maximum atomic E-state index is 5.72. The van der Waals surface area contributed by atoms with Crippen molar-refractivity contribution in [2.45, 2.75) is 92.0 Å². The molecule has 0 aromatic rings. The lowest BCUT2D eigenvalue weighted by molar-refractivity contribution is -0.519. The van der Waals surface area contributed by atoms with Gasteiger partial charge in [-0.1, -0.05) is 0 Å². The molecule has 5 heteroatoms. The van der Waals surface area contributed by atoms with Crippen LogP contribution in [0.3, 0.4) is 0 Å². The first kappa shape index (κ1) is 18.8. The Balaban J connectivity index is 4.37. The summed E-state index contributed by atoms with van der Waals surface area (Å²) in [4.78, 5) is 21.1. The average molecular weight is 278 g/mol. The third-order valence-electron chi connectivity index (χ3n) is 1.48. The van der Waals surface area contributed by atoms with Gasteiger partial charge in [0.05, 0.1) is 11.2 Å². The van der Waals surface area contributed by atoms with Crippen LogP contribution < -0.4 is 0 Å². The number of hydrogen-bond acceptors (Lipinski definition) is 5. The summed E-state index contributed by atoms with van der Waals surface area (Å²) in [5, 5.41) is 0. The molecular weight excluding hydrogens is 248 g/mol. The summed E-state index contributed by atoms with van der Waals surface area (Å²) in [6, 6.07) is 0. The normalized spacial score (nSPS) is 14.8. The molecule has 0 spiro atoms. The van der Waals surface area contributed by atoms with Crippen molar-refractivity contribution in [2.24, 2.45) is 0 Å². The standard InChI is InChI=1S/C14H30O5/c1-11(2,3)16-18-13(7,8)15-14(9,10)19-17-12(4,5)6/h1-10H3. The third-order valence-corrected chi connectivity index (χ3v) is 1.48. The monoisotopic (exact) mass is 278 g/mol. The second kappa shape index (κ2) is 6.06. The summed E-state index contributed by atoms with van der Waals surface area (Å²) < 4.78 is 5.72. The van der Waals surface area contributed by atoms with Crippen LogP contribution in [0.15, 0.2) is 0 Å². The minimum Gasteiger partial charge on any atom is -0.314 e. The Kier molecular flexibility index (Phi) is 5.99. The Morgan fingerprint density at radius 1 is 0.421 bits per heavy atom. The maximum absolute atomic E-state index is 5.72. The predicted molar refractivity (Wildman–Crippen MR) is 73.1 cm³/mol. The number of ether oxygens (including phenoxy) is 1. The molecule has 0 radical (unpaired) electrons. The molecule has 0 unspecified atom stereocenters. The summed E-state index contributed by atoms with van der Waals surface area (Å²) in [5.41, 5.74) is -0.818. The van der Waals surface area contributed by atoms with Gasteiger partial charge in [-0.2, -0.15) is 0 Å². The van der Waals surface area contributed by atoms with Crippen LogP contribution in [0, 0.1) is 0 Å². The molecule has 0 aliphatic rings. The van der Waals surface area contributed by atoms with Gasteiger partial charge in [0.15, 0.2) is 11.6 Å². The predicted octanol–water partition coefficient (Wildman–Crippen LogP) is 3.97. The van der Waals surface area contributed by atoms with Crippen molar-refractivity contribution < 1.29 is 24.3 Å². The van der Waals surface area contributed by atoms with Gasteiger partial charge in [-0.05, 0) is 69.2 Å². The van der Waals surface area contributed by atoms with Crippen LogP contribution >= 0.6 is 0 Å². The van der Waals surface area contributed by atoms with E-state index in [1.54, 1.807) is 27.7 Å². The molecule has 0 aliphatic carbocycles. The Labute approximate surface area is 117 Å². The molecule has 0 aromatic carbocycles. The van der Waals surface area contributed by atoms with Gasteiger partial charge in [0.25, 0.3) is 0 Å². The molecule has 0 aromatic heterocycles. The molecule has 0 heterocycles. The molecule has 0 N–H and O–H groups in total. The van der Waals surface area contributed by atoms with E-state index in [1.165, 1.54) is 0 Å². The van der Waals surface area contributed by atoms with Gasteiger partial charge in [0, 0.05) is 0 Å². The quantitative estimate of drug-likeness (QED) is 0.418. The van der Waals surface area contributed by atoms with E-state index < -0.39 is 22.8 Å². The summed E-state index contributed by atoms with van der Waals surface area (Å²) >= 11 is 0. The molecule has 0 rings (SSSR count). The van der Waals surface area contributed by atoms with E-state index in [0.717, 1.165) is 0 Å². The van der Waals surface area contributed by atoms with E-state index >= 15 is 0 Å². The first-order chi connectivity index (χ1) is 8.12. The zero-order valence-corrected chi connectivity index (χ0v) is 14.0. The number of rotatable bonds is 6. The third kappa shape index (κ3) is 11.3. The van der Waals surface area contributed by atoms with Crippen molar-refractivity contribution in [3.63, 3.8) is 0 Å². The molecule has 0 aliphatic heterocycles. The molecule has 0 saturated carbocycles. The molecule has 0 amide bonds. The number of hydrogen-bond donors (Lipinski definition) is 0. The fourth-order valence-electron chi connectivity index (χ4n) is 1.08. The average Bonchev–Trinajstić information content (AvgIpc) is 2.09. The van der Waals surface area contributed by atoms with Crippen molar-refractivity contribution in [3.8, 4) is 0 Å². The summed E-state index contributed by atoms with van der Waals surface area (Å²) in [6.07, 6.45) is 0. The highest BCUT2D eigenvalue weighted by Crippen LogP contribution is 2.26. The van der Waals surface area contributed by atoms with Gasteiger partial charge >= 0.3 is 0 Å². The molecule has 0 saturated heterocycles. The first-order valence-corrected chi connectivity index (χ1v) is 6.56. The van der Waals surface area contributed by atoms with E-state index in [9.17, 15) is 0 Å². The minimum absolute atomic E-state index is 0.409. The molecule has 0 bridgehead atoms. The van der Waals surface area contributed by atoms with E-state index in [0.29, 0.717) is 0 Å². The first-order valence-electron chi connectivity index (χ1n) is 6.56. The van der Waals surface area contributed by atoms with Crippen LogP contribution in [0.4, 0.5) is 0 Å². The van der Waals surface area contributed by atoms with Crippen LogP contribution in [0.2, 0.25) is 0 Å². The smallest absolute Gasteiger partial charge is 0.199 e. The van der Waals surface area contributed by atoms with Crippen LogP contribution in [0.25, 0.3) is 0 Å². The van der Waals surface area contributed by atoms with Gasteiger partial charge in [-0.15, -0.1) is 0 Å². The summed E-state index contributed by atoms with van der Waals surface area (Å²) in [5.74, 6) is -1.92. The molecule has 0 fully saturated rings. The van der Waals surface area contributed by atoms with E-state index in [1.807, 2.05) is 41.5 Å². The van der Waals surface area contributed by atoms with Gasteiger partial charge < -0.3 is 4.74 Å². The van der Waals surface area contributed by atoms with Crippen LogP contribution in [-0.2, 0) is 24.3 Å². The Hall–Kier alpha value is -0.200. The summed E-state index contributed by atoms with van der Waals surface area (Å²) in [6.45, 7) is 18.4. The van der Waals surface area contributed by atoms with Crippen molar-refractivity contribution in [3.05, 3.63) is 0 Å². The highest BCUT2D eigenvalue weighted by molar-refractivity contribution is 4.62. The minimum atomic E-state index is -0.960. The summed E-state index contributed by atoms with van der Waals surface area (Å²) in [7, 11) is 0. The lowest BCUT2D eigenvalue weighted by Gasteiger charge is -2.36. The van der Waals surface area contributed by atoms with Crippen LogP contribution in [0.1, 0.15) is 69.2 Å². The second-order valence-corrected chi connectivity index (χ2v) is 7.46. The van der Waals surface area contributed by atoms with Crippen molar-refractivity contribution >= 4 is 0 Å². The van der Waals surface area contributed by atoms with Crippen LogP contribution in [-0.4, -0.2) is 22.8 Å². The topological polar surface area (TPSA) is 46.2 Å². The Morgan fingerprint density at radius 2 is 0.684 bits per heavy atom. The van der Waals surface area contributed by atoms with E-state index in [-0.39, 0.29) is 0 Å². The van der Waals surface area contributed by atoms with Crippen molar-refractivity contribution in [2.75, 3.05) is 0 Å². The largest absolute Gasteiger partial charge is 0.314 e. The highest BCUT2D eigenvalue weighted by atomic mass is 17.3. The van der Waals surface area contributed by atoms with Crippen LogP contribution in [0.5, 0.6) is 0 Å². The zero-order valence-electron chi connectivity index (χ0n) is 14.0. The van der Waals surface area contributed by atoms with Gasteiger partial charge in [0.2, 0.25) is 0 Å². The highest BCUT2D eigenvalue weighted by Gasteiger charge is 2.35. The van der Waals surface area contributed by atoms with Crippen molar-refractivity contribution in [1.82, 2.24) is 0 Å². The molecule has 0 atom stereocenters.